The van der Waals surface area contributed by atoms with E-state index in [2.05, 4.69) is 0 Å². The smallest absolute Gasteiger partial charge is 0.321 e. The Bertz CT molecular complexity index is 402. The fourth-order valence-corrected chi connectivity index (χ4v) is 2.21. The van der Waals surface area contributed by atoms with Gasteiger partial charge in [0.25, 0.3) is 0 Å². The molecule has 19 heavy (non-hydrogen) atoms. The van der Waals surface area contributed by atoms with Crippen LogP contribution in [0, 0.1) is 0 Å². The van der Waals surface area contributed by atoms with Crippen LogP contribution in [0.25, 0.3) is 0 Å². The van der Waals surface area contributed by atoms with Crippen molar-refractivity contribution in [2.24, 2.45) is 0 Å². The van der Waals surface area contributed by atoms with Gasteiger partial charge in [0.2, 0.25) is 0 Å². The molecule has 1 rings (SSSR count). The number of hydrogen-bond acceptors (Lipinski definition) is 3. The van der Waals surface area contributed by atoms with Gasteiger partial charge in [-0.15, -0.1) is 0 Å². The Labute approximate surface area is 115 Å². The van der Waals surface area contributed by atoms with Crippen LogP contribution in [0.5, 0.6) is 5.75 Å². The number of aliphatic carboxylic acids is 1. The van der Waals surface area contributed by atoms with Gasteiger partial charge in [0.1, 0.15) is 11.8 Å². The third-order valence-electron chi connectivity index (χ3n) is 3.22. The predicted molar refractivity (Wildman–Crippen MR) is 75.7 cm³/mol. The van der Waals surface area contributed by atoms with Crippen molar-refractivity contribution in [2.75, 3.05) is 19.7 Å². The molecule has 0 fully saturated rings. The third-order valence-corrected chi connectivity index (χ3v) is 3.22. The average molecular weight is 265 g/mol. The molecule has 0 spiro atoms. The van der Waals surface area contributed by atoms with Gasteiger partial charge >= 0.3 is 5.97 Å². The van der Waals surface area contributed by atoms with Gasteiger partial charge in [-0.25, -0.2) is 0 Å². The minimum atomic E-state index is -0.782. The van der Waals surface area contributed by atoms with Gasteiger partial charge in [0.15, 0.2) is 0 Å². The first-order valence-corrected chi connectivity index (χ1v) is 6.81. The summed E-state index contributed by atoms with van der Waals surface area (Å²) in [5.41, 5.74) is 0.948. The van der Waals surface area contributed by atoms with Gasteiger partial charge < -0.3 is 9.84 Å². The fraction of sp³-hybridized carbons (Fsp3) is 0.533. The zero-order chi connectivity index (χ0) is 14.3. The van der Waals surface area contributed by atoms with Crippen molar-refractivity contribution in [3.63, 3.8) is 0 Å². The van der Waals surface area contributed by atoms with Gasteiger partial charge in [0, 0.05) is 6.42 Å². The van der Waals surface area contributed by atoms with Crippen LogP contribution in [0.2, 0.25) is 0 Å². The number of likely N-dealkylation sites (N-methyl/N-ethyl adjacent to an activating group) is 1. The maximum Gasteiger partial charge on any atom is 0.321 e. The standard InChI is InChI=1S/C15H23NO3/c1-4-16(5-2)13(15(17)18)11-12-9-7-8-10-14(12)19-6-3/h7-10,13H,4-6,11H2,1-3H3,(H,17,18)/t13-/m1/s1. The largest absolute Gasteiger partial charge is 0.494 e. The number of carboxylic acid groups (broad SMARTS) is 1. The summed E-state index contributed by atoms with van der Waals surface area (Å²) in [4.78, 5) is 13.4. The monoisotopic (exact) mass is 265 g/mol. The van der Waals surface area contributed by atoms with Crippen molar-refractivity contribution in [1.82, 2.24) is 4.90 Å². The normalized spacial score (nSPS) is 12.4. The molecule has 1 N–H and O–H groups in total. The lowest BCUT2D eigenvalue weighted by Crippen LogP contribution is -2.42. The average Bonchev–Trinajstić information content (AvgIpc) is 2.41. The second kappa shape index (κ2) is 7.79. The molecule has 4 heteroatoms. The van der Waals surface area contributed by atoms with Crippen LogP contribution in [0.1, 0.15) is 26.3 Å². The van der Waals surface area contributed by atoms with Crippen molar-refractivity contribution in [3.8, 4) is 5.75 Å². The van der Waals surface area contributed by atoms with Crippen molar-refractivity contribution >= 4 is 5.97 Å². The van der Waals surface area contributed by atoms with E-state index in [-0.39, 0.29) is 0 Å². The van der Waals surface area contributed by atoms with Crippen molar-refractivity contribution in [2.45, 2.75) is 33.2 Å². The highest BCUT2D eigenvalue weighted by Crippen LogP contribution is 2.21. The SMILES string of the molecule is CCOc1ccccc1C[C@H](C(=O)O)N(CC)CC. The Morgan fingerprint density at radius 3 is 2.42 bits per heavy atom. The van der Waals surface area contributed by atoms with E-state index in [1.165, 1.54) is 0 Å². The number of para-hydroxylation sites is 1. The molecule has 0 aliphatic carbocycles. The molecule has 0 bridgehead atoms. The van der Waals surface area contributed by atoms with Crippen LogP contribution in [-0.2, 0) is 11.2 Å². The number of carbonyl (C=O) groups is 1. The maximum absolute atomic E-state index is 11.4. The van der Waals surface area contributed by atoms with Crippen molar-refractivity contribution < 1.29 is 14.6 Å². The molecule has 1 aromatic rings. The van der Waals surface area contributed by atoms with Crippen LogP contribution in [0.3, 0.4) is 0 Å². The van der Waals surface area contributed by atoms with E-state index in [9.17, 15) is 9.90 Å². The first kappa shape index (κ1) is 15.5. The molecular weight excluding hydrogens is 242 g/mol. The summed E-state index contributed by atoms with van der Waals surface area (Å²) in [6.07, 6.45) is 0.465. The third kappa shape index (κ3) is 4.24. The van der Waals surface area contributed by atoms with Crippen molar-refractivity contribution in [3.05, 3.63) is 29.8 Å². The van der Waals surface area contributed by atoms with E-state index in [1.54, 1.807) is 0 Å². The van der Waals surface area contributed by atoms with E-state index in [1.807, 2.05) is 49.9 Å². The zero-order valence-corrected chi connectivity index (χ0v) is 11.9. The molecule has 0 heterocycles. The predicted octanol–water partition coefficient (Wildman–Crippen LogP) is 2.42. The van der Waals surface area contributed by atoms with Gasteiger partial charge in [-0.2, -0.15) is 0 Å². The first-order valence-electron chi connectivity index (χ1n) is 6.81. The number of ether oxygens (including phenoxy) is 1. The molecule has 4 nitrogen and oxygen atoms in total. The maximum atomic E-state index is 11.4. The number of benzene rings is 1. The molecule has 0 aliphatic heterocycles. The highest BCUT2D eigenvalue weighted by atomic mass is 16.5. The van der Waals surface area contributed by atoms with Crippen LogP contribution >= 0.6 is 0 Å². The summed E-state index contributed by atoms with van der Waals surface area (Å²) in [5, 5.41) is 9.41. The second-order valence-electron chi connectivity index (χ2n) is 4.32. The molecular formula is C15H23NO3. The summed E-state index contributed by atoms with van der Waals surface area (Å²) in [6, 6.07) is 7.14. The van der Waals surface area contributed by atoms with E-state index in [0.29, 0.717) is 13.0 Å². The molecule has 0 aromatic heterocycles. The van der Waals surface area contributed by atoms with Crippen molar-refractivity contribution in [1.29, 1.82) is 0 Å². The van der Waals surface area contributed by atoms with Gasteiger partial charge in [-0.3, -0.25) is 9.69 Å². The Hall–Kier alpha value is -1.55. The molecule has 0 amide bonds. The highest BCUT2D eigenvalue weighted by molar-refractivity contribution is 5.74. The number of hydrogen-bond donors (Lipinski definition) is 1. The summed E-state index contributed by atoms with van der Waals surface area (Å²) >= 11 is 0. The van der Waals surface area contributed by atoms with Gasteiger partial charge in [0.05, 0.1) is 6.61 Å². The minimum absolute atomic E-state index is 0.465. The lowest BCUT2D eigenvalue weighted by molar-refractivity contribution is -0.143. The molecule has 1 aromatic carbocycles. The zero-order valence-electron chi connectivity index (χ0n) is 11.9. The Morgan fingerprint density at radius 2 is 1.89 bits per heavy atom. The van der Waals surface area contributed by atoms with Crippen LogP contribution < -0.4 is 4.74 Å². The van der Waals surface area contributed by atoms with Gasteiger partial charge in [-0.05, 0) is 31.6 Å². The topological polar surface area (TPSA) is 49.8 Å². The highest BCUT2D eigenvalue weighted by Gasteiger charge is 2.24. The Morgan fingerprint density at radius 1 is 1.26 bits per heavy atom. The molecule has 0 radical (unpaired) electrons. The van der Waals surface area contributed by atoms with E-state index >= 15 is 0 Å². The Kier molecular flexibility index (Phi) is 6.36. The quantitative estimate of drug-likeness (QED) is 0.784. The number of carboxylic acids is 1. The summed E-state index contributed by atoms with van der Waals surface area (Å²) in [7, 11) is 0. The molecule has 106 valence electrons. The van der Waals surface area contributed by atoms with Gasteiger partial charge in [-0.1, -0.05) is 32.0 Å². The lowest BCUT2D eigenvalue weighted by atomic mass is 10.0. The van der Waals surface area contributed by atoms with E-state index in [0.717, 1.165) is 24.4 Å². The molecule has 0 saturated heterocycles. The van der Waals surface area contributed by atoms with E-state index < -0.39 is 12.0 Å². The first-order chi connectivity index (χ1) is 9.13. The number of nitrogens with zero attached hydrogens (tertiary/aromatic N) is 1. The van der Waals surface area contributed by atoms with Crippen LogP contribution in [0.4, 0.5) is 0 Å². The molecule has 0 aliphatic rings. The van der Waals surface area contributed by atoms with Crippen LogP contribution in [-0.4, -0.2) is 41.7 Å². The number of rotatable bonds is 8. The Balaban J connectivity index is 2.93. The molecule has 0 saturated carbocycles. The second-order valence-corrected chi connectivity index (χ2v) is 4.32. The summed E-state index contributed by atoms with van der Waals surface area (Å²) in [6.45, 7) is 7.92. The van der Waals surface area contributed by atoms with Crippen LogP contribution in [0.15, 0.2) is 24.3 Å². The van der Waals surface area contributed by atoms with E-state index in [4.69, 9.17) is 4.74 Å². The molecule has 0 unspecified atom stereocenters. The molecule has 1 atom stereocenters. The summed E-state index contributed by atoms with van der Waals surface area (Å²) < 4.78 is 5.55. The summed E-state index contributed by atoms with van der Waals surface area (Å²) in [5.74, 6) is -0.00147. The fourth-order valence-electron chi connectivity index (χ4n) is 2.21. The minimum Gasteiger partial charge on any atom is -0.494 e. The lowest BCUT2D eigenvalue weighted by Gasteiger charge is -2.26.